The van der Waals surface area contributed by atoms with Gasteiger partial charge in [0.15, 0.2) is 5.90 Å². The van der Waals surface area contributed by atoms with E-state index >= 15 is 0 Å². The van der Waals surface area contributed by atoms with E-state index in [9.17, 15) is 5.11 Å². The Balaban J connectivity index is 1.48. The van der Waals surface area contributed by atoms with Crippen LogP contribution in [0.15, 0.2) is 41.2 Å². The molecule has 7 nitrogen and oxygen atoms in total. The van der Waals surface area contributed by atoms with Gasteiger partial charge in [0, 0.05) is 12.5 Å². The molecule has 3 aliphatic rings. The third-order valence-electron chi connectivity index (χ3n) is 5.25. The number of piperidine rings is 1. The van der Waals surface area contributed by atoms with Gasteiger partial charge in [0.1, 0.15) is 28.9 Å². The van der Waals surface area contributed by atoms with Crippen molar-refractivity contribution in [3.63, 3.8) is 0 Å². The highest BCUT2D eigenvalue weighted by Crippen LogP contribution is 2.31. The molecule has 7 heteroatoms. The number of ether oxygens (including phenoxy) is 1. The molecule has 0 amide bonds. The third-order valence-corrected chi connectivity index (χ3v) is 5.25. The lowest BCUT2D eigenvalue weighted by Crippen LogP contribution is -2.29. The number of aliphatic imine (C=N–C) groups is 1. The van der Waals surface area contributed by atoms with Gasteiger partial charge in [-0.05, 0) is 50.2 Å². The van der Waals surface area contributed by atoms with E-state index in [0.717, 1.165) is 42.7 Å². The molecule has 0 bridgehead atoms. The van der Waals surface area contributed by atoms with Crippen molar-refractivity contribution in [1.82, 2.24) is 20.1 Å². The zero-order chi connectivity index (χ0) is 17.7. The van der Waals surface area contributed by atoms with Gasteiger partial charge in [0.25, 0.3) is 0 Å². The highest BCUT2D eigenvalue weighted by atomic mass is 16.5. The summed E-state index contributed by atoms with van der Waals surface area (Å²) in [5.41, 5.74) is 3.13. The second-order valence-corrected chi connectivity index (χ2v) is 7.04. The van der Waals surface area contributed by atoms with Crippen molar-refractivity contribution in [2.45, 2.75) is 38.0 Å². The van der Waals surface area contributed by atoms with Crippen LogP contribution >= 0.6 is 0 Å². The summed E-state index contributed by atoms with van der Waals surface area (Å²) in [5.74, 6) is 0.846. The van der Waals surface area contributed by atoms with Crippen molar-refractivity contribution in [1.29, 1.82) is 0 Å². The van der Waals surface area contributed by atoms with Crippen molar-refractivity contribution in [3.8, 4) is 0 Å². The molecule has 26 heavy (non-hydrogen) atoms. The molecule has 1 aliphatic carbocycles. The fourth-order valence-corrected chi connectivity index (χ4v) is 3.90. The molecule has 2 atom stereocenters. The number of nitrogens with one attached hydrogen (secondary N) is 1. The van der Waals surface area contributed by atoms with E-state index in [4.69, 9.17) is 14.8 Å². The van der Waals surface area contributed by atoms with Gasteiger partial charge >= 0.3 is 0 Å². The Morgan fingerprint density at radius 2 is 2.04 bits per heavy atom. The predicted octanol–water partition coefficient (Wildman–Crippen LogP) is 2.38. The van der Waals surface area contributed by atoms with E-state index in [2.05, 4.69) is 10.3 Å². The summed E-state index contributed by atoms with van der Waals surface area (Å²) >= 11 is 0. The molecule has 2 unspecified atom stereocenters. The smallest absolute Gasteiger partial charge is 0.181 e. The summed E-state index contributed by atoms with van der Waals surface area (Å²) in [6.45, 7) is 3.88. The molecular formula is C19H21N5O2. The van der Waals surface area contributed by atoms with Gasteiger partial charge in [-0.25, -0.2) is 9.98 Å². The fourth-order valence-electron chi connectivity index (χ4n) is 3.90. The molecule has 1 fully saturated rings. The molecule has 2 N–H and O–H groups in total. The molecule has 0 spiro atoms. The average molecular weight is 351 g/mol. The van der Waals surface area contributed by atoms with E-state index in [-0.39, 0.29) is 17.9 Å². The molecule has 2 aromatic rings. The zero-order valence-corrected chi connectivity index (χ0v) is 14.6. The predicted molar refractivity (Wildman–Crippen MR) is 99.1 cm³/mol. The van der Waals surface area contributed by atoms with Crippen LogP contribution in [0, 0.1) is 0 Å². The standard InChI is InChI=1S/C19H21N5O2/c1-11-21-16-9-18(25)13(8-19(16)26-11)14-2-3-15-17(22-14)10-24(23-15)12-4-6-20-7-5-12/h2-3,8-10,12,16,19-20,25H,4-7H2,1H3. The van der Waals surface area contributed by atoms with Crippen molar-refractivity contribution < 1.29 is 9.84 Å². The first-order valence-electron chi connectivity index (χ1n) is 9.08. The topological polar surface area (TPSA) is 84.6 Å². The number of aliphatic hydroxyl groups excluding tert-OH is 1. The summed E-state index contributed by atoms with van der Waals surface area (Å²) in [7, 11) is 0. The van der Waals surface area contributed by atoms with Crippen LogP contribution in [0.3, 0.4) is 0 Å². The normalized spacial score (nSPS) is 26.1. The van der Waals surface area contributed by atoms with E-state index in [1.54, 1.807) is 6.08 Å². The Morgan fingerprint density at radius 1 is 1.19 bits per heavy atom. The minimum Gasteiger partial charge on any atom is -0.508 e. The van der Waals surface area contributed by atoms with Gasteiger partial charge in [0.2, 0.25) is 0 Å². The number of hydrogen-bond acceptors (Lipinski definition) is 6. The van der Waals surface area contributed by atoms with Crippen LogP contribution in [0.4, 0.5) is 0 Å². The highest BCUT2D eigenvalue weighted by Gasteiger charge is 2.31. The van der Waals surface area contributed by atoms with Crippen LogP contribution in [-0.4, -0.2) is 51.0 Å². The Kier molecular flexibility index (Phi) is 3.56. The number of aromatic nitrogens is 3. The van der Waals surface area contributed by atoms with Crippen LogP contribution in [-0.2, 0) is 4.74 Å². The summed E-state index contributed by atoms with van der Waals surface area (Å²) < 4.78 is 7.75. The second-order valence-electron chi connectivity index (χ2n) is 7.04. The zero-order valence-electron chi connectivity index (χ0n) is 14.6. The average Bonchev–Trinajstić information content (AvgIpc) is 3.23. The number of hydrogen-bond donors (Lipinski definition) is 2. The minimum absolute atomic E-state index is 0.148. The van der Waals surface area contributed by atoms with Crippen LogP contribution in [0.25, 0.3) is 16.6 Å². The number of rotatable bonds is 2. The van der Waals surface area contributed by atoms with Crippen LogP contribution in [0.1, 0.15) is 31.5 Å². The lowest BCUT2D eigenvalue weighted by Gasteiger charge is -2.22. The fraction of sp³-hybridized carbons (Fsp3) is 0.421. The number of pyridine rings is 1. The Hall–Kier alpha value is -2.67. The lowest BCUT2D eigenvalue weighted by atomic mass is 9.96. The van der Waals surface area contributed by atoms with Crippen molar-refractivity contribution >= 4 is 22.5 Å². The number of fused-ring (bicyclic) bond motifs is 2. The van der Waals surface area contributed by atoms with Crippen molar-refractivity contribution in [2.24, 2.45) is 4.99 Å². The van der Waals surface area contributed by atoms with Gasteiger partial charge in [0.05, 0.1) is 17.9 Å². The Labute approximate surface area is 151 Å². The number of nitrogens with zero attached hydrogens (tertiary/aromatic N) is 4. The maximum absolute atomic E-state index is 10.4. The first kappa shape index (κ1) is 15.6. The van der Waals surface area contributed by atoms with E-state index in [1.807, 2.05) is 36.0 Å². The number of allylic oxidation sites excluding steroid dienone is 1. The van der Waals surface area contributed by atoms with Crippen LogP contribution in [0.2, 0.25) is 0 Å². The minimum atomic E-state index is -0.171. The molecular weight excluding hydrogens is 330 g/mol. The molecule has 0 radical (unpaired) electrons. The molecule has 2 aliphatic heterocycles. The quantitative estimate of drug-likeness (QED) is 0.868. The monoisotopic (exact) mass is 351 g/mol. The van der Waals surface area contributed by atoms with Crippen molar-refractivity contribution in [3.05, 3.63) is 41.9 Å². The molecule has 0 aromatic carbocycles. The maximum atomic E-state index is 10.4. The van der Waals surface area contributed by atoms with Gasteiger partial charge in [-0.15, -0.1) is 0 Å². The third kappa shape index (κ3) is 2.59. The van der Waals surface area contributed by atoms with Crippen LogP contribution in [0.5, 0.6) is 0 Å². The van der Waals surface area contributed by atoms with Crippen LogP contribution < -0.4 is 5.32 Å². The molecule has 1 saturated heterocycles. The SMILES string of the molecule is CC1=NC2C=C(O)C(c3ccc4nn(C5CCNCC5)cc4n3)=CC2O1. The first-order chi connectivity index (χ1) is 12.7. The Bertz CT molecular complexity index is 952. The maximum Gasteiger partial charge on any atom is 0.181 e. The Morgan fingerprint density at radius 3 is 2.88 bits per heavy atom. The molecule has 5 rings (SSSR count). The second kappa shape index (κ2) is 5.95. The van der Waals surface area contributed by atoms with E-state index < -0.39 is 0 Å². The summed E-state index contributed by atoms with van der Waals surface area (Å²) in [4.78, 5) is 9.11. The van der Waals surface area contributed by atoms with E-state index in [0.29, 0.717) is 17.5 Å². The molecule has 134 valence electrons. The summed E-state index contributed by atoms with van der Waals surface area (Å²) in [5, 5.41) is 18.5. The van der Waals surface area contributed by atoms with Gasteiger partial charge in [-0.1, -0.05) is 0 Å². The molecule has 4 heterocycles. The summed E-state index contributed by atoms with van der Waals surface area (Å²) in [6, 6.07) is 4.14. The lowest BCUT2D eigenvalue weighted by molar-refractivity contribution is 0.249. The van der Waals surface area contributed by atoms with E-state index in [1.165, 1.54) is 0 Å². The molecule has 0 saturated carbocycles. The van der Waals surface area contributed by atoms with Gasteiger partial charge < -0.3 is 15.2 Å². The number of aliphatic hydroxyl groups is 1. The summed E-state index contributed by atoms with van der Waals surface area (Å²) in [6.07, 6.45) is 7.65. The largest absolute Gasteiger partial charge is 0.508 e. The van der Waals surface area contributed by atoms with Gasteiger partial charge in [-0.3, -0.25) is 4.68 Å². The highest BCUT2D eigenvalue weighted by molar-refractivity contribution is 5.84. The van der Waals surface area contributed by atoms with Crippen molar-refractivity contribution in [2.75, 3.05) is 13.1 Å². The van der Waals surface area contributed by atoms with Gasteiger partial charge in [-0.2, -0.15) is 5.10 Å². The first-order valence-corrected chi connectivity index (χ1v) is 9.08. The molecule has 2 aromatic heterocycles.